The predicted octanol–water partition coefficient (Wildman–Crippen LogP) is 2.58. The summed E-state index contributed by atoms with van der Waals surface area (Å²) in [6, 6.07) is 7.52. The Morgan fingerprint density at radius 3 is 2.62 bits per heavy atom. The number of ketones is 1. The Morgan fingerprint density at radius 1 is 1.19 bits per heavy atom. The van der Waals surface area contributed by atoms with Gasteiger partial charge < -0.3 is 5.11 Å². The van der Waals surface area contributed by atoms with Gasteiger partial charge in [0.25, 0.3) is 0 Å². The van der Waals surface area contributed by atoms with Crippen LogP contribution >= 0.6 is 11.6 Å². The second-order valence-electron chi connectivity index (χ2n) is 3.31. The summed E-state index contributed by atoms with van der Waals surface area (Å²) in [7, 11) is 0. The Bertz CT molecular complexity index is 590. The fourth-order valence-electron chi connectivity index (χ4n) is 1.58. The molecule has 2 rings (SSSR count). The highest BCUT2D eigenvalue weighted by Gasteiger charge is 2.11. The topological polar surface area (TPSA) is 54.4 Å². The van der Waals surface area contributed by atoms with Gasteiger partial charge in [-0.25, -0.2) is 0 Å². The Morgan fingerprint density at radius 2 is 1.94 bits per heavy atom. The maximum atomic E-state index is 11.4. The van der Waals surface area contributed by atoms with Gasteiger partial charge in [-0.15, -0.1) is 0 Å². The summed E-state index contributed by atoms with van der Waals surface area (Å²) in [5.74, 6) is -0.609. The van der Waals surface area contributed by atoms with Gasteiger partial charge >= 0.3 is 0 Å². The molecule has 0 unspecified atom stereocenters. The molecule has 0 aliphatic heterocycles. The number of hydrogen-bond acceptors (Lipinski definition) is 3. The van der Waals surface area contributed by atoms with Crippen LogP contribution in [-0.4, -0.2) is 17.2 Å². The van der Waals surface area contributed by atoms with E-state index in [2.05, 4.69) is 0 Å². The van der Waals surface area contributed by atoms with E-state index in [1.165, 1.54) is 18.2 Å². The zero-order valence-electron chi connectivity index (χ0n) is 8.11. The molecule has 4 heteroatoms. The Kier molecular flexibility index (Phi) is 2.62. The molecule has 0 saturated heterocycles. The second kappa shape index (κ2) is 3.94. The first-order chi connectivity index (χ1) is 7.63. The number of Topliss-reactive ketones (excluding diaryl/α,β-unsaturated/α-hetero) is 1. The molecule has 0 atom stereocenters. The number of phenols is 1. The Balaban J connectivity index is 2.85. The normalized spacial score (nSPS) is 10.3. The average Bonchev–Trinajstić information content (AvgIpc) is 2.28. The number of rotatable bonds is 2. The molecule has 0 aliphatic carbocycles. The van der Waals surface area contributed by atoms with Crippen molar-refractivity contribution in [2.45, 2.75) is 0 Å². The number of carbonyl (C=O) groups is 2. The molecule has 0 heterocycles. The summed E-state index contributed by atoms with van der Waals surface area (Å²) >= 11 is 5.95. The number of phenolic OH excluding ortho intramolecular Hbond substituents is 1. The van der Waals surface area contributed by atoms with Gasteiger partial charge in [-0.05, 0) is 35.7 Å². The SMILES string of the molecule is O=CC(=O)c1ccc(Cl)c2ccc(O)cc12. The molecule has 80 valence electrons. The third kappa shape index (κ3) is 1.66. The molecule has 1 N–H and O–H groups in total. The number of aldehydes is 1. The van der Waals surface area contributed by atoms with Crippen LogP contribution in [0, 0.1) is 0 Å². The molecule has 2 aromatic rings. The third-order valence-corrected chi connectivity index (χ3v) is 2.65. The molecule has 0 fully saturated rings. The summed E-state index contributed by atoms with van der Waals surface area (Å²) in [5, 5.41) is 10.9. The van der Waals surface area contributed by atoms with Gasteiger partial charge in [-0.2, -0.15) is 0 Å². The molecule has 0 bridgehead atoms. The Hall–Kier alpha value is -1.87. The van der Waals surface area contributed by atoms with Gasteiger partial charge in [0.1, 0.15) is 5.75 Å². The molecule has 0 aromatic heterocycles. The lowest BCUT2D eigenvalue weighted by atomic mass is 10.0. The van der Waals surface area contributed by atoms with Crippen molar-refractivity contribution in [3.63, 3.8) is 0 Å². The highest BCUT2D eigenvalue weighted by atomic mass is 35.5. The zero-order chi connectivity index (χ0) is 11.7. The van der Waals surface area contributed by atoms with Gasteiger partial charge in [0.15, 0.2) is 6.29 Å². The number of carbonyl (C=O) groups excluding carboxylic acids is 2. The van der Waals surface area contributed by atoms with E-state index in [0.29, 0.717) is 15.8 Å². The van der Waals surface area contributed by atoms with Gasteiger partial charge in [-0.3, -0.25) is 9.59 Å². The molecule has 0 radical (unpaired) electrons. The number of fused-ring (bicyclic) bond motifs is 1. The third-order valence-electron chi connectivity index (χ3n) is 2.32. The largest absolute Gasteiger partial charge is 0.508 e. The molecular weight excluding hydrogens is 228 g/mol. The van der Waals surface area contributed by atoms with Crippen molar-refractivity contribution in [1.29, 1.82) is 0 Å². The van der Waals surface area contributed by atoms with Crippen LogP contribution in [0.4, 0.5) is 0 Å². The standard InChI is InChI=1S/C12H7ClO3/c13-11-4-3-9(12(16)6-14)10-5-7(15)1-2-8(10)11/h1-6,15H. The maximum Gasteiger partial charge on any atom is 0.225 e. The highest BCUT2D eigenvalue weighted by molar-refractivity contribution is 6.40. The molecule has 2 aromatic carbocycles. The minimum absolute atomic E-state index is 0.0229. The summed E-state index contributed by atoms with van der Waals surface area (Å²) in [6.07, 6.45) is 0.243. The Labute approximate surface area is 96.3 Å². The molecule has 0 saturated carbocycles. The van der Waals surface area contributed by atoms with E-state index in [9.17, 15) is 14.7 Å². The van der Waals surface area contributed by atoms with E-state index in [1.54, 1.807) is 12.1 Å². The summed E-state index contributed by atoms with van der Waals surface area (Å²) in [4.78, 5) is 21.8. The van der Waals surface area contributed by atoms with Gasteiger partial charge in [0.2, 0.25) is 5.78 Å². The quantitative estimate of drug-likeness (QED) is 0.494. The highest BCUT2D eigenvalue weighted by Crippen LogP contribution is 2.29. The van der Waals surface area contributed by atoms with Crippen LogP contribution in [0.3, 0.4) is 0 Å². The molecular formula is C12H7ClO3. The van der Waals surface area contributed by atoms with E-state index in [1.807, 2.05) is 0 Å². The van der Waals surface area contributed by atoms with Crippen LogP contribution in [-0.2, 0) is 4.79 Å². The van der Waals surface area contributed by atoms with E-state index in [0.717, 1.165) is 0 Å². The summed E-state index contributed by atoms with van der Waals surface area (Å²) in [6.45, 7) is 0. The minimum Gasteiger partial charge on any atom is -0.508 e. The molecule has 0 amide bonds. The van der Waals surface area contributed by atoms with Crippen LogP contribution in [0.2, 0.25) is 5.02 Å². The number of benzene rings is 2. The van der Waals surface area contributed by atoms with Crippen LogP contribution in [0.1, 0.15) is 10.4 Å². The minimum atomic E-state index is -0.632. The number of aromatic hydroxyl groups is 1. The fraction of sp³-hybridized carbons (Fsp3) is 0. The van der Waals surface area contributed by atoms with Gasteiger partial charge in [0.05, 0.1) is 0 Å². The van der Waals surface area contributed by atoms with E-state index >= 15 is 0 Å². The van der Waals surface area contributed by atoms with Crippen LogP contribution < -0.4 is 0 Å². The number of halogens is 1. The van der Waals surface area contributed by atoms with Crippen molar-refractivity contribution in [2.75, 3.05) is 0 Å². The van der Waals surface area contributed by atoms with Crippen molar-refractivity contribution in [2.24, 2.45) is 0 Å². The van der Waals surface area contributed by atoms with Crippen molar-refractivity contribution >= 4 is 34.4 Å². The van der Waals surface area contributed by atoms with Crippen molar-refractivity contribution in [3.8, 4) is 5.75 Å². The molecule has 3 nitrogen and oxygen atoms in total. The maximum absolute atomic E-state index is 11.4. The van der Waals surface area contributed by atoms with E-state index in [-0.39, 0.29) is 17.6 Å². The smallest absolute Gasteiger partial charge is 0.225 e. The lowest BCUT2D eigenvalue weighted by Crippen LogP contribution is -2.00. The zero-order valence-corrected chi connectivity index (χ0v) is 8.86. The van der Waals surface area contributed by atoms with Crippen molar-refractivity contribution in [1.82, 2.24) is 0 Å². The first-order valence-electron chi connectivity index (χ1n) is 4.54. The lowest BCUT2D eigenvalue weighted by molar-refractivity contribution is -0.104. The van der Waals surface area contributed by atoms with Crippen LogP contribution in [0.5, 0.6) is 5.75 Å². The summed E-state index contributed by atoms with van der Waals surface area (Å²) in [5.41, 5.74) is 0.241. The predicted molar refractivity (Wildman–Crippen MR) is 61.0 cm³/mol. The monoisotopic (exact) mass is 234 g/mol. The lowest BCUT2D eigenvalue weighted by Gasteiger charge is -2.05. The molecule has 0 spiro atoms. The van der Waals surface area contributed by atoms with Crippen LogP contribution in [0.25, 0.3) is 10.8 Å². The first kappa shape index (κ1) is 10.6. The molecule has 16 heavy (non-hydrogen) atoms. The van der Waals surface area contributed by atoms with Crippen molar-refractivity contribution < 1.29 is 14.7 Å². The second-order valence-corrected chi connectivity index (χ2v) is 3.71. The van der Waals surface area contributed by atoms with Crippen molar-refractivity contribution in [3.05, 3.63) is 40.9 Å². The number of hydrogen-bond donors (Lipinski definition) is 1. The van der Waals surface area contributed by atoms with E-state index < -0.39 is 5.78 Å². The van der Waals surface area contributed by atoms with Gasteiger partial charge in [-0.1, -0.05) is 11.6 Å². The van der Waals surface area contributed by atoms with Crippen LogP contribution in [0.15, 0.2) is 30.3 Å². The first-order valence-corrected chi connectivity index (χ1v) is 4.92. The molecule has 0 aliphatic rings. The van der Waals surface area contributed by atoms with E-state index in [4.69, 9.17) is 11.6 Å². The fourth-order valence-corrected chi connectivity index (χ4v) is 1.81. The summed E-state index contributed by atoms with van der Waals surface area (Å²) < 4.78 is 0. The average molecular weight is 235 g/mol. The van der Waals surface area contributed by atoms with Gasteiger partial charge in [0, 0.05) is 16.0 Å².